The summed E-state index contributed by atoms with van der Waals surface area (Å²) in [6, 6.07) is 8.99. The second-order valence-corrected chi connectivity index (χ2v) is 8.16. The topological polar surface area (TPSA) is 64.2 Å². The zero-order valence-corrected chi connectivity index (χ0v) is 17.0. The molecule has 7 nitrogen and oxygen atoms in total. The number of piperazine rings is 1. The van der Waals surface area contributed by atoms with Gasteiger partial charge >= 0.3 is 0 Å². The smallest absolute Gasteiger partial charge is 0.245 e. The van der Waals surface area contributed by atoms with E-state index in [0.717, 1.165) is 25.3 Å². The third-order valence-corrected chi connectivity index (χ3v) is 6.32. The van der Waals surface area contributed by atoms with Gasteiger partial charge < -0.3 is 14.7 Å². The minimum atomic E-state index is -0.428. The molecule has 4 rings (SSSR count). The van der Waals surface area contributed by atoms with Crippen molar-refractivity contribution in [1.82, 2.24) is 14.7 Å². The first-order chi connectivity index (χ1) is 14.1. The lowest BCUT2D eigenvalue weighted by molar-refractivity contribution is -0.140. The molecule has 0 aliphatic carbocycles. The van der Waals surface area contributed by atoms with E-state index >= 15 is 0 Å². The van der Waals surface area contributed by atoms with E-state index in [1.807, 2.05) is 40.1 Å². The quantitative estimate of drug-likeness (QED) is 0.751. The Morgan fingerprint density at radius 1 is 0.897 bits per heavy atom. The molecule has 0 spiro atoms. The van der Waals surface area contributed by atoms with E-state index < -0.39 is 6.04 Å². The third-order valence-electron chi connectivity index (χ3n) is 6.32. The van der Waals surface area contributed by atoms with Crippen molar-refractivity contribution in [2.45, 2.75) is 38.1 Å². The molecule has 3 aliphatic heterocycles. The summed E-state index contributed by atoms with van der Waals surface area (Å²) in [5.74, 6) is 0.195. The predicted molar refractivity (Wildman–Crippen MR) is 110 cm³/mol. The van der Waals surface area contributed by atoms with Gasteiger partial charge in [0.05, 0.1) is 0 Å². The van der Waals surface area contributed by atoms with Crippen LogP contribution in [0.4, 0.5) is 5.69 Å². The fourth-order valence-corrected chi connectivity index (χ4v) is 4.64. The molecule has 0 bridgehead atoms. The summed E-state index contributed by atoms with van der Waals surface area (Å²) >= 11 is 0. The maximum atomic E-state index is 13.1. The number of amides is 3. The van der Waals surface area contributed by atoms with Gasteiger partial charge in [-0.25, -0.2) is 0 Å². The largest absolute Gasteiger partial charge is 0.339 e. The third kappa shape index (κ3) is 4.45. The molecule has 7 heteroatoms. The average molecular weight is 399 g/mol. The Balaban J connectivity index is 1.30. The van der Waals surface area contributed by atoms with Crippen LogP contribution in [0.3, 0.4) is 0 Å². The first-order valence-electron chi connectivity index (χ1n) is 10.8. The molecule has 156 valence electrons. The molecule has 0 saturated carbocycles. The van der Waals surface area contributed by atoms with Crippen molar-refractivity contribution in [3.05, 3.63) is 30.3 Å². The molecule has 29 heavy (non-hydrogen) atoms. The molecule has 1 atom stereocenters. The van der Waals surface area contributed by atoms with Crippen LogP contribution in [-0.2, 0) is 14.4 Å². The Morgan fingerprint density at radius 3 is 2.24 bits per heavy atom. The molecular weight excluding hydrogens is 368 g/mol. The van der Waals surface area contributed by atoms with Gasteiger partial charge in [0, 0.05) is 51.3 Å². The van der Waals surface area contributed by atoms with Crippen LogP contribution in [-0.4, -0.2) is 84.3 Å². The van der Waals surface area contributed by atoms with Gasteiger partial charge in [-0.2, -0.15) is 0 Å². The van der Waals surface area contributed by atoms with Crippen molar-refractivity contribution < 1.29 is 14.4 Å². The number of hydrogen-bond donors (Lipinski definition) is 0. The van der Waals surface area contributed by atoms with Gasteiger partial charge in [-0.15, -0.1) is 0 Å². The van der Waals surface area contributed by atoms with Crippen molar-refractivity contribution in [2.24, 2.45) is 0 Å². The highest BCUT2D eigenvalue weighted by atomic mass is 16.2. The van der Waals surface area contributed by atoms with E-state index in [4.69, 9.17) is 0 Å². The van der Waals surface area contributed by atoms with Crippen LogP contribution in [0.5, 0.6) is 0 Å². The van der Waals surface area contributed by atoms with Gasteiger partial charge in [-0.3, -0.25) is 19.3 Å². The summed E-state index contributed by atoms with van der Waals surface area (Å²) in [7, 11) is 0. The normalized spacial score (nSPS) is 23.1. The van der Waals surface area contributed by atoms with Gasteiger partial charge in [0.25, 0.3) is 0 Å². The van der Waals surface area contributed by atoms with Crippen molar-refractivity contribution in [1.29, 1.82) is 0 Å². The highest BCUT2D eigenvalue weighted by Gasteiger charge is 2.40. The summed E-state index contributed by atoms with van der Waals surface area (Å²) < 4.78 is 0. The van der Waals surface area contributed by atoms with E-state index in [1.54, 1.807) is 4.90 Å². The molecule has 3 heterocycles. The van der Waals surface area contributed by atoms with Crippen molar-refractivity contribution >= 4 is 23.4 Å². The van der Waals surface area contributed by atoms with Crippen LogP contribution in [0.2, 0.25) is 0 Å². The number of carbonyl (C=O) groups excluding carboxylic acids is 3. The SMILES string of the molecule is O=C(CCN1CCCC1)N1CCN(C(=O)C2CCC(=O)N2c2ccccc2)CC1. The van der Waals surface area contributed by atoms with Crippen LogP contribution < -0.4 is 4.90 Å². The summed E-state index contributed by atoms with van der Waals surface area (Å²) in [6.07, 6.45) is 3.99. The highest BCUT2D eigenvalue weighted by molar-refractivity contribution is 6.03. The highest BCUT2D eigenvalue weighted by Crippen LogP contribution is 2.28. The zero-order valence-electron chi connectivity index (χ0n) is 17.0. The Bertz CT molecular complexity index is 740. The Kier molecular flexibility index (Phi) is 6.13. The van der Waals surface area contributed by atoms with Gasteiger partial charge in [0.15, 0.2) is 0 Å². The Labute approximate surface area is 172 Å². The number of nitrogens with zero attached hydrogens (tertiary/aromatic N) is 4. The predicted octanol–water partition coefficient (Wildman–Crippen LogP) is 1.34. The van der Waals surface area contributed by atoms with Crippen LogP contribution >= 0.6 is 0 Å². The fourth-order valence-electron chi connectivity index (χ4n) is 4.64. The molecule has 3 fully saturated rings. The van der Waals surface area contributed by atoms with Crippen LogP contribution in [0.1, 0.15) is 32.1 Å². The standard InChI is InChI=1S/C22H30N4O3/c27-20(10-13-23-11-4-5-12-23)24-14-16-25(17-15-24)22(29)19-8-9-21(28)26(19)18-6-2-1-3-7-18/h1-3,6-7,19H,4-5,8-17H2. The first-order valence-corrected chi connectivity index (χ1v) is 10.8. The maximum Gasteiger partial charge on any atom is 0.245 e. The lowest BCUT2D eigenvalue weighted by Crippen LogP contribution is -2.55. The molecule has 3 saturated heterocycles. The minimum absolute atomic E-state index is 0.00358. The number of rotatable bonds is 5. The second-order valence-electron chi connectivity index (χ2n) is 8.16. The van der Waals surface area contributed by atoms with E-state index in [2.05, 4.69) is 4.90 Å². The van der Waals surface area contributed by atoms with E-state index in [1.165, 1.54) is 12.8 Å². The van der Waals surface area contributed by atoms with Crippen molar-refractivity contribution in [2.75, 3.05) is 50.7 Å². The lowest BCUT2D eigenvalue weighted by atomic mass is 10.1. The zero-order chi connectivity index (χ0) is 20.2. The average Bonchev–Trinajstić information content (AvgIpc) is 3.42. The number of anilines is 1. The number of benzene rings is 1. The first kappa shape index (κ1) is 19.9. The molecule has 3 aliphatic rings. The molecule has 0 N–H and O–H groups in total. The van der Waals surface area contributed by atoms with E-state index in [9.17, 15) is 14.4 Å². The summed E-state index contributed by atoms with van der Waals surface area (Å²) in [5.41, 5.74) is 0.782. The Hall–Kier alpha value is -2.41. The number of carbonyl (C=O) groups is 3. The van der Waals surface area contributed by atoms with Crippen molar-refractivity contribution in [3.63, 3.8) is 0 Å². The van der Waals surface area contributed by atoms with Crippen molar-refractivity contribution in [3.8, 4) is 0 Å². The van der Waals surface area contributed by atoms with E-state index in [0.29, 0.717) is 45.4 Å². The van der Waals surface area contributed by atoms with Gasteiger partial charge in [-0.1, -0.05) is 18.2 Å². The van der Waals surface area contributed by atoms with Gasteiger partial charge in [0.2, 0.25) is 17.7 Å². The number of likely N-dealkylation sites (tertiary alicyclic amines) is 1. The van der Waals surface area contributed by atoms with Gasteiger partial charge in [0.1, 0.15) is 6.04 Å². The molecular formula is C22H30N4O3. The van der Waals surface area contributed by atoms with E-state index in [-0.39, 0.29) is 17.7 Å². The number of para-hydroxylation sites is 1. The molecule has 1 aromatic carbocycles. The summed E-state index contributed by atoms with van der Waals surface area (Å²) in [5, 5.41) is 0. The molecule has 0 aromatic heterocycles. The Morgan fingerprint density at radius 2 is 1.55 bits per heavy atom. The molecule has 1 unspecified atom stereocenters. The molecule has 1 aromatic rings. The van der Waals surface area contributed by atoms with Crippen LogP contribution in [0.25, 0.3) is 0 Å². The van der Waals surface area contributed by atoms with Crippen LogP contribution in [0, 0.1) is 0 Å². The second kappa shape index (κ2) is 8.95. The van der Waals surface area contributed by atoms with Crippen LogP contribution in [0.15, 0.2) is 30.3 Å². The van der Waals surface area contributed by atoms with Gasteiger partial charge in [-0.05, 0) is 44.5 Å². The fraction of sp³-hybridized carbons (Fsp3) is 0.591. The summed E-state index contributed by atoms with van der Waals surface area (Å²) in [4.78, 5) is 45.7. The monoisotopic (exact) mass is 398 g/mol. The molecule has 0 radical (unpaired) electrons. The summed E-state index contributed by atoms with van der Waals surface area (Å²) in [6.45, 7) is 5.30. The minimum Gasteiger partial charge on any atom is -0.339 e. The lowest BCUT2D eigenvalue weighted by Gasteiger charge is -2.37. The molecule has 3 amide bonds. The maximum absolute atomic E-state index is 13.1. The number of hydrogen-bond acceptors (Lipinski definition) is 4.